The van der Waals surface area contributed by atoms with Crippen molar-refractivity contribution in [3.63, 3.8) is 0 Å². The minimum Gasteiger partial charge on any atom is -0.496 e. The van der Waals surface area contributed by atoms with Crippen molar-refractivity contribution in [1.82, 2.24) is 19.4 Å². The number of methoxy groups -OCH3 is 1. The fourth-order valence-electron chi connectivity index (χ4n) is 5.19. The highest BCUT2D eigenvalue weighted by Gasteiger charge is 2.38. The van der Waals surface area contributed by atoms with Gasteiger partial charge in [-0.25, -0.2) is 14.3 Å². The fourth-order valence-corrected chi connectivity index (χ4v) is 7.47. The number of oxazole rings is 1. The number of rotatable bonds is 13. The van der Waals surface area contributed by atoms with Crippen LogP contribution < -0.4 is 21.3 Å². The van der Waals surface area contributed by atoms with Crippen LogP contribution in [0.5, 0.6) is 5.75 Å². The normalized spacial score (nSPS) is 13.4. The number of benzene rings is 1. The third-order valence-corrected chi connectivity index (χ3v) is 14.7. The average molecular weight is 685 g/mol. The fraction of sp³-hybridized carbons (Fsp3) is 0.529. The Balaban J connectivity index is 1.85. The number of carbonyl (C=O) groups excluding carboxylic acids is 1. The molecule has 47 heavy (non-hydrogen) atoms. The molecule has 4 rings (SSSR count). The maximum absolute atomic E-state index is 14.5. The highest BCUT2D eigenvalue weighted by atomic mass is 32.1. The van der Waals surface area contributed by atoms with Crippen molar-refractivity contribution in [1.29, 1.82) is 0 Å². The third-order valence-electron chi connectivity index (χ3n) is 8.88. The molecule has 0 aliphatic heterocycles. The Morgan fingerprint density at radius 3 is 2.40 bits per heavy atom. The van der Waals surface area contributed by atoms with Gasteiger partial charge in [0.15, 0.2) is 8.32 Å². The number of thiophene rings is 1. The van der Waals surface area contributed by atoms with Gasteiger partial charge in [-0.2, -0.15) is 0 Å². The zero-order chi connectivity index (χ0) is 34.9. The van der Waals surface area contributed by atoms with Crippen molar-refractivity contribution < 1.29 is 23.1 Å². The summed E-state index contributed by atoms with van der Waals surface area (Å²) in [6, 6.07) is 7.48. The lowest BCUT2D eigenvalue weighted by atomic mass is 10.0. The Morgan fingerprint density at radius 1 is 1.13 bits per heavy atom. The minimum atomic E-state index is -2.02. The van der Waals surface area contributed by atoms with Crippen LogP contribution in [0, 0.1) is 6.92 Å². The van der Waals surface area contributed by atoms with Crippen molar-refractivity contribution in [2.24, 2.45) is 0 Å². The number of amides is 1. The quantitative estimate of drug-likeness (QED) is 0.130. The topological polar surface area (TPSA) is 127 Å². The zero-order valence-electron chi connectivity index (χ0n) is 29.3. The van der Waals surface area contributed by atoms with Gasteiger partial charge in [-0.1, -0.05) is 39.0 Å². The largest absolute Gasteiger partial charge is 0.496 e. The van der Waals surface area contributed by atoms with Gasteiger partial charge in [0.05, 0.1) is 42.8 Å². The number of aryl methyl sites for hydroxylation is 1. The van der Waals surface area contributed by atoms with Crippen molar-refractivity contribution in [3.8, 4) is 16.5 Å². The van der Waals surface area contributed by atoms with Crippen molar-refractivity contribution in [3.05, 3.63) is 68.7 Å². The highest BCUT2D eigenvalue weighted by Crippen LogP contribution is 2.38. The molecule has 3 heterocycles. The Kier molecular flexibility index (Phi) is 10.7. The molecular formula is C34H48N4O7SSi. The first-order valence-corrected chi connectivity index (χ1v) is 19.5. The molecule has 0 aliphatic carbocycles. The Bertz CT molecular complexity index is 1830. The highest BCUT2D eigenvalue weighted by molar-refractivity contribution is 7.22. The van der Waals surface area contributed by atoms with Crippen LogP contribution in [0.1, 0.15) is 65.7 Å². The second kappa shape index (κ2) is 13.9. The van der Waals surface area contributed by atoms with Crippen LogP contribution in [0.4, 0.5) is 0 Å². The van der Waals surface area contributed by atoms with Crippen LogP contribution in [-0.2, 0) is 26.0 Å². The van der Waals surface area contributed by atoms with Crippen molar-refractivity contribution in [2.45, 2.75) is 97.8 Å². The van der Waals surface area contributed by atoms with Crippen molar-refractivity contribution >= 4 is 35.8 Å². The van der Waals surface area contributed by atoms with Crippen LogP contribution in [0.3, 0.4) is 0 Å². The predicted molar refractivity (Wildman–Crippen MR) is 188 cm³/mol. The molecule has 13 heteroatoms. The summed E-state index contributed by atoms with van der Waals surface area (Å²) in [6.07, 6.45) is 2.18. The van der Waals surface area contributed by atoms with E-state index in [2.05, 4.69) is 44.2 Å². The molecule has 3 aromatic heterocycles. The number of ether oxygens (including phenoxy) is 2. The van der Waals surface area contributed by atoms with E-state index in [9.17, 15) is 14.4 Å². The molecule has 0 saturated heterocycles. The molecule has 4 aromatic rings. The number of hydrogen-bond donors (Lipinski definition) is 1. The summed E-state index contributed by atoms with van der Waals surface area (Å²) >= 11 is 1.24. The summed E-state index contributed by atoms with van der Waals surface area (Å²) in [4.78, 5) is 48.0. The van der Waals surface area contributed by atoms with Crippen LogP contribution >= 0.6 is 11.3 Å². The minimum absolute atomic E-state index is 0.0212. The molecule has 0 unspecified atom stereocenters. The van der Waals surface area contributed by atoms with E-state index in [1.165, 1.54) is 28.4 Å². The summed E-state index contributed by atoms with van der Waals surface area (Å²) in [5.41, 5.74) is -1.38. The lowest BCUT2D eigenvalue weighted by molar-refractivity contribution is -0.128. The second-order valence-corrected chi connectivity index (χ2v) is 19.8. The van der Waals surface area contributed by atoms with Crippen LogP contribution in [0.25, 0.3) is 21.0 Å². The summed E-state index contributed by atoms with van der Waals surface area (Å²) in [7, 11) is -0.442. The number of hydrogen-bond acceptors (Lipinski definition) is 9. The maximum Gasteiger partial charge on any atom is 0.333 e. The van der Waals surface area contributed by atoms with Gasteiger partial charge >= 0.3 is 5.69 Å². The lowest BCUT2D eigenvalue weighted by Crippen LogP contribution is -2.56. The molecule has 1 atom stereocenters. The number of aromatic nitrogens is 3. The number of para-hydroxylation sites is 1. The van der Waals surface area contributed by atoms with Gasteiger partial charge in [0.1, 0.15) is 28.5 Å². The van der Waals surface area contributed by atoms with E-state index in [0.29, 0.717) is 38.9 Å². The molecule has 1 amide bonds. The SMILES string of the molecule is COc1ccccc1[C@H](Cn1c(=O)n(C(C)(C)C(=O)NCCO[Si](C)(C)C(C)(C)C)c(=O)c2c(C)c(-c3ncco3)sc21)OC(C)C. The molecule has 11 nitrogen and oxygen atoms in total. The van der Waals surface area contributed by atoms with E-state index in [1.807, 2.05) is 38.1 Å². The smallest absolute Gasteiger partial charge is 0.333 e. The molecule has 0 aliphatic rings. The number of carbonyl (C=O) groups is 1. The number of fused-ring (bicyclic) bond motifs is 1. The number of nitrogens with one attached hydrogen (secondary N) is 1. The molecule has 0 fully saturated rings. The third kappa shape index (κ3) is 7.32. The molecule has 1 aromatic carbocycles. The first kappa shape index (κ1) is 36.3. The standard InChI is InChI=1S/C34H48N4O7SSi/c1-21(2)45-25(23-14-12-13-15-24(23)42-9)20-37-30-26(22(3)27(46-30)28-35-16-18-43-28)29(39)38(32(37)41)34(7,8)31(40)36-17-19-44-47(10,11)33(4,5)6/h12-16,18,21,25H,17,19-20H2,1-11H3,(H,36,40)/t25-/m0/s1. The van der Waals surface area contributed by atoms with Gasteiger partial charge < -0.3 is 23.6 Å². The van der Waals surface area contributed by atoms with E-state index in [-0.39, 0.29) is 24.2 Å². The lowest BCUT2D eigenvalue weighted by Gasteiger charge is -2.36. The van der Waals surface area contributed by atoms with Gasteiger partial charge in [0, 0.05) is 12.1 Å². The predicted octanol–water partition coefficient (Wildman–Crippen LogP) is 6.24. The summed E-state index contributed by atoms with van der Waals surface area (Å²) in [6.45, 7) is 20.2. The van der Waals surface area contributed by atoms with E-state index >= 15 is 0 Å². The van der Waals surface area contributed by atoms with Gasteiger partial charge in [0.2, 0.25) is 11.8 Å². The molecule has 1 N–H and O–H groups in total. The second-order valence-electron chi connectivity index (χ2n) is 13.9. The Labute approximate surface area is 281 Å². The molecule has 0 radical (unpaired) electrons. The summed E-state index contributed by atoms with van der Waals surface area (Å²) in [5.74, 6) is 0.479. The molecular weight excluding hydrogens is 637 g/mol. The molecule has 0 spiro atoms. The Hall–Kier alpha value is -3.52. The van der Waals surface area contributed by atoms with E-state index in [0.717, 1.165) is 10.1 Å². The van der Waals surface area contributed by atoms with Gasteiger partial charge in [-0.05, 0) is 64.4 Å². The number of nitrogens with zero attached hydrogens (tertiary/aromatic N) is 3. The van der Waals surface area contributed by atoms with E-state index < -0.39 is 37.1 Å². The average Bonchev–Trinajstić information content (AvgIpc) is 3.64. The Morgan fingerprint density at radius 2 is 1.81 bits per heavy atom. The van der Waals surface area contributed by atoms with Gasteiger partial charge in [0.25, 0.3) is 5.56 Å². The van der Waals surface area contributed by atoms with Crippen molar-refractivity contribution in [2.75, 3.05) is 20.3 Å². The summed E-state index contributed by atoms with van der Waals surface area (Å²) < 4.78 is 26.4. The summed E-state index contributed by atoms with van der Waals surface area (Å²) in [5, 5.41) is 3.24. The van der Waals surface area contributed by atoms with Crippen LogP contribution in [-0.4, -0.2) is 54.7 Å². The van der Waals surface area contributed by atoms with Gasteiger partial charge in [-0.15, -0.1) is 11.3 Å². The van der Waals surface area contributed by atoms with Crippen LogP contribution in [0.2, 0.25) is 18.1 Å². The molecule has 0 bridgehead atoms. The van der Waals surface area contributed by atoms with Gasteiger partial charge in [-0.3, -0.25) is 14.2 Å². The molecule has 0 saturated carbocycles. The van der Waals surface area contributed by atoms with E-state index in [4.69, 9.17) is 18.3 Å². The first-order chi connectivity index (χ1) is 21.9. The first-order valence-electron chi connectivity index (χ1n) is 15.8. The van der Waals surface area contributed by atoms with E-state index in [1.54, 1.807) is 27.9 Å². The molecule has 256 valence electrons. The van der Waals surface area contributed by atoms with Crippen LogP contribution in [0.15, 0.2) is 50.7 Å². The monoisotopic (exact) mass is 684 g/mol. The zero-order valence-corrected chi connectivity index (χ0v) is 31.2. The maximum atomic E-state index is 14.5.